The summed E-state index contributed by atoms with van der Waals surface area (Å²) < 4.78 is 22.6. The number of ether oxygens (including phenoxy) is 1. The fourth-order valence-electron chi connectivity index (χ4n) is 2.91. The summed E-state index contributed by atoms with van der Waals surface area (Å²) in [6.45, 7) is 0.972. The van der Waals surface area contributed by atoms with Crippen molar-refractivity contribution in [2.24, 2.45) is 0 Å². The topological polar surface area (TPSA) is 90.4 Å². The smallest absolute Gasteiger partial charge is 0.291 e. The highest BCUT2D eigenvalue weighted by Gasteiger charge is 2.17. The van der Waals surface area contributed by atoms with Crippen molar-refractivity contribution in [2.45, 2.75) is 19.3 Å². The summed E-state index contributed by atoms with van der Waals surface area (Å²) in [5.74, 6) is -0.237. The maximum atomic E-state index is 13.4. The Bertz CT molecular complexity index is 1170. The highest BCUT2D eigenvalue weighted by atomic mass is 35.5. The van der Waals surface area contributed by atoms with Gasteiger partial charge in [-0.3, -0.25) is 0 Å². The van der Waals surface area contributed by atoms with Crippen molar-refractivity contribution >= 4 is 44.6 Å². The Balaban J connectivity index is 0.000000628. The molecule has 2 heterocycles. The molecule has 0 saturated carbocycles. The Morgan fingerprint density at radius 1 is 1.26 bits per heavy atom. The summed E-state index contributed by atoms with van der Waals surface area (Å²) in [7, 11) is 0. The van der Waals surface area contributed by atoms with Crippen LogP contribution >= 0.6 is 34.5 Å². The minimum Gasteiger partial charge on any atom is -0.366 e. The van der Waals surface area contributed by atoms with E-state index in [1.807, 2.05) is 22.9 Å². The van der Waals surface area contributed by atoms with Crippen LogP contribution in [0, 0.1) is 15.9 Å². The molecule has 0 fully saturated rings. The maximum absolute atomic E-state index is 13.4. The molecule has 31 heavy (non-hydrogen) atoms. The number of hydrogen-bond acceptors (Lipinski definition) is 5. The zero-order valence-electron chi connectivity index (χ0n) is 15.8. The van der Waals surface area contributed by atoms with Crippen LogP contribution in [0.5, 0.6) is 0 Å². The number of halogens is 3. The lowest BCUT2D eigenvalue weighted by Gasteiger charge is -2.20. The molecule has 0 aliphatic rings. The van der Waals surface area contributed by atoms with Crippen molar-refractivity contribution in [1.29, 1.82) is 0 Å². The maximum Gasteiger partial charge on any atom is 0.291 e. The molecule has 4 aromatic rings. The van der Waals surface area contributed by atoms with Crippen LogP contribution in [-0.4, -0.2) is 19.8 Å². The van der Waals surface area contributed by atoms with Crippen LogP contribution < -0.4 is 0 Å². The summed E-state index contributed by atoms with van der Waals surface area (Å²) in [6.07, 6.45) is 5.07. The van der Waals surface area contributed by atoms with Gasteiger partial charge in [-0.05, 0) is 41.8 Å². The quantitative estimate of drug-likeness (QED) is 0.262. The Morgan fingerprint density at radius 3 is 2.71 bits per heavy atom. The standard InChI is InChI=1S/C20H15Cl2FN2OS.HNO3/c21-14-1-3-17(18(22)9-14)19(10-25-6-5-24-12-25)26-11-16-8-13-7-15(23)2-4-20(13)27-16;2-1(3)4/h1-9,12,19H,10-11H2;(H,2,3,4). The van der Waals surface area contributed by atoms with Gasteiger partial charge in [0.25, 0.3) is 5.09 Å². The van der Waals surface area contributed by atoms with E-state index in [-0.39, 0.29) is 11.9 Å². The summed E-state index contributed by atoms with van der Waals surface area (Å²) in [5.41, 5.74) is 0.863. The monoisotopic (exact) mass is 483 g/mol. The number of imidazole rings is 1. The minimum atomic E-state index is -1.50. The molecule has 1 atom stereocenters. The number of fused-ring (bicyclic) bond motifs is 1. The molecule has 7 nitrogen and oxygen atoms in total. The molecular weight excluding hydrogens is 468 g/mol. The van der Waals surface area contributed by atoms with Crippen molar-refractivity contribution in [1.82, 2.24) is 9.55 Å². The first-order valence-corrected chi connectivity index (χ1v) is 10.4. The fourth-order valence-corrected chi connectivity index (χ4v) is 4.41. The van der Waals surface area contributed by atoms with Crippen molar-refractivity contribution in [3.05, 3.63) is 97.6 Å². The van der Waals surface area contributed by atoms with Gasteiger partial charge in [-0.1, -0.05) is 29.3 Å². The number of nitrogens with zero attached hydrogens (tertiary/aromatic N) is 3. The van der Waals surface area contributed by atoms with Gasteiger partial charge in [0.15, 0.2) is 0 Å². The minimum absolute atomic E-state index is 0.237. The van der Waals surface area contributed by atoms with E-state index < -0.39 is 5.09 Å². The van der Waals surface area contributed by atoms with Gasteiger partial charge in [-0.2, -0.15) is 0 Å². The van der Waals surface area contributed by atoms with Gasteiger partial charge in [-0.25, -0.2) is 9.37 Å². The average molecular weight is 484 g/mol. The second-order valence-corrected chi connectivity index (χ2v) is 8.37. The molecule has 0 spiro atoms. The van der Waals surface area contributed by atoms with E-state index in [1.165, 1.54) is 12.1 Å². The molecule has 162 valence electrons. The lowest BCUT2D eigenvalue weighted by molar-refractivity contribution is -0.742. The summed E-state index contributed by atoms with van der Waals surface area (Å²) in [6, 6.07) is 12.2. The highest BCUT2D eigenvalue weighted by molar-refractivity contribution is 7.19. The first kappa shape index (κ1) is 23.0. The third kappa shape index (κ3) is 6.63. The van der Waals surface area contributed by atoms with Crippen LogP contribution in [0.2, 0.25) is 10.0 Å². The van der Waals surface area contributed by atoms with E-state index in [1.54, 1.807) is 42.1 Å². The molecule has 0 aliphatic heterocycles. The molecule has 11 heteroatoms. The Kier molecular flexibility index (Phi) is 7.80. The first-order valence-electron chi connectivity index (χ1n) is 8.85. The lowest BCUT2D eigenvalue weighted by Crippen LogP contribution is -2.12. The van der Waals surface area contributed by atoms with E-state index in [9.17, 15) is 4.39 Å². The van der Waals surface area contributed by atoms with Gasteiger partial charge in [0.2, 0.25) is 0 Å². The first-order chi connectivity index (χ1) is 14.8. The number of aromatic nitrogens is 2. The molecule has 2 aromatic carbocycles. The zero-order valence-corrected chi connectivity index (χ0v) is 18.1. The Morgan fingerprint density at radius 2 is 2.03 bits per heavy atom. The molecule has 0 saturated heterocycles. The molecule has 1 N–H and O–H groups in total. The van der Waals surface area contributed by atoms with E-state index >= 15 is 0 Å². The van der Waals surface area contributed by atoms with E-state index in [4.69, 9.17) is 43.3 Å². The number of hydrogen-bond donors (Lipinski definition) is 1. The molecule has 2 aromatic heterocycles. The summed E-state index contributed by atoms with van der Waals surface area (Å²) in [4.78, 5) is 13.5. The summed E-state index contributed by atoms with van der Waals surface area (Å²) >= 11 is 14.0. The van der Waals surface area contributed by atoms with Crippen LogP contribution in [0.4, 0.5) is 4.39 Å². The zero-order chi connectivity index (χ0) is 22.4. The third-order valence-electron chi connectivity index (χ3n) is 4.20. The molecule has 0 aliphatic carbocycles. The number of benzene rings is 2. The van der Waals surface area contributed by atoms with Gasteiger partial charge >= 0.3 is 0 Å². The predicted octanol–water partition coefficient (Wildman–Crippen LogP) is 6.15. The van der Waals surface area contributed by atoms with E-state index in [0.29, 0.717) is 23.2 Å². The van der Waals surface area contributed by atoms with E-state index in [2.05, 4.69) is 4.98 Å². The molecule has 1 unspecified atom stereocenters. The van der Waals surface area contributed by atoms with E-state index in [0.717, 1.165) is 20.5 Å². The van der Waals surface area contributed by atoms with Gasteiger partial charge in [-0.15, -0.1) is 21.5 Å². The highest BCUT2D eigenvalue weighted by Crippen LogP contribution is 2.32. The van der Waals surface area contributed by atoms with Crippen LogP contribution in [0.25, 0.3) is 10.1 Å². The van der Waals surface area contributed by atoms with Crippen LogP contribution in [-0.2, 0) is 17.9 Å². The fraction of sp³-hybridized carbons (Fsp3) is 0.150. The number of thiophene rings is 1. The molecule has 0 bridgehead atoms. The van der Waals surface area contributed by atoms with Crippen LogP contribution in [0.1, 0.15) is 16.5 Å². The Labute approximate surface area is 190 Å². The van der Waals surface area contributed by atoms with Gasteiger partial charge in [0, 0.05) is 37.6 Å². The average Bonchev–Trinajstić information content (AvgIpc) is 3.34. The van der Waals surface area contributed by atoms with Gasteiger partial charge < -0.3 is 14.5 Å². The normalized spacial score (nSPS) is 11.7. The second kappa shape index (κ2) is 10.5. The van der Waals surface area contributed by atoms with Crippen molar-refractivity contribution in [3.63, 3.8) is 0 Å². The van der Waals surface area contributed by atoms with Crippen molar-refractivity contribution in [3.8, 4) is 0 Å². The number of rotatable bonds is 6. The van der Waals surface area contributed by atoms with Crippen molar-refractivity contribution in [2.75, 3.05) is 0 Å². The molecular formula is C20H16Cl2FN3O4S. The van der Waals surface area contributed by atoms with Crippen molar-refractivity contribution < 1.29 is 19.4 Å². The van der Waals surface area contributed by atoms with Crippen LogP contribution in [0.3, 0.4) is 0 Å². The lowest BCUT2D eigenvalue weighted by atomic mass is 10.1. The SMILES string of the molecule is Fc1ccc2sc(COC(Cn3ccnc3)c3ccc(Cl)cc3Cl)cc2c1.O=[N+]([O-])O. The molecule has 0 radical (unpaired) electrons. The molecule has 4 rings (SSSR count). The van der Waals surface area contributed by atoms with Gasteiger partial charge in [0.05, 0.1) is 19.5 Å². The van der Waals surface area contributed by atoms with Gasteiger partial charge in [0.1, 0.15) is 11.9 Å². The molecule has 0 amide bonds. The third-order valence-corrected chi connectivity index (χ3v) is 5.85. The predicted molar refractivity (Wildman–Crippen MR) is 117 cm³/mol. The largest absolute Gasteiger partial charge is 0.366 e. The van der Waals surface area contributed by atoms with Crippen LogP contribution in [0.15, 0.2) is 61.2 Å². The second-order valence-electron chi connectivity index (χ2n) is 6.36. The summed E-state index contributed by atoms with van der Waals surface area (Å²) in [5, 5.41) is 15.7. The Hall–Kier alpha value is -2.72.